The van der Waals surface area contributed by atoms with Crippen LogP contribution in [-0.4, -0.2) is 65.1 Å². The molecule has 27 heavy (non-hydrogen) atoms. The number of benzene rings is 1. The molecule has 2 atom stereocenters. The van der Waals surface area contributed by atoms with Crippen LogP contribution in [0.25, 0.3) is 0 Å². The number of aromatic hydroxyl groups is 1. The molecule has 2 unspecified atom stereocenters. The van der Waals surface area contributed by atoms with E-state index < -0.39 is 0 Å². The molecule has 0 spiro atoms. The van der Waals surface area contributed by atoms with E-state index in [1.165, 1.54) is 0 Å². The number of para-hydroxylation sites is 1. The number of rotatable bonds is 4. The van der Waals surface area contributed by atoms with Crippen molar-refractivity contribution in [2.45, 2.75) is 51.7 Å². The fourth-order valence-electron chi connectivity index (χ4n) is 4.11. The topological polar surface area (TPSA) is 70.1 Å². The Morgan fingerprint density at radius 1 is 1.07 bits per heavy atom. The molecule has 2 aliphatic rings. The van der Waals surface area contributed by atoms with E-state index in [2.05, 4.69) is 0 Å². The van der Waals surface area contributed by atoms with Crippen molar-refractivity contribution >= 4 is 11.8 Å². The Morgan fingerprint density at radius 2 is 1.70 bits per heavy atom. The highest BCUT2D eigenvalue weighted by Gasteiger charge is 2.33. The molecule has 6 nitrogen and oxygen atoms in total. The zero-order chi connectivity index (χ0) is 19.4. The van der Waals surface area contributed by atoms with Gasteiger partial charge in [0.25, 0.3) is 0 Å². The van der Waals surface area contributed by atoms with Gasteiger partial charge in [-0.25, -0.2) is 0 Å². The molecule has 1 aromatic rings. The molecular formula is C21H30N2O4. The number of hydrogen-bond acceptors (Lipinski definition) is 4. The van der Waals surface area contributed by atoms with E-state index in [0.717, 1.165) is 18.4 Å². The summed E-state index contributed by atoms with van der Waals surface area (Å²) >= 11 is 0. The number of hydrogen-bond donors (Lipinski definition) is 1. The van der Waals surface area contributed by atoms with Crippen LogP contribution in [-0.2, 0) is 20.7 Å². The summed E-state index contributed by atoms with van der Waals surface area (Å²) in [4.78, 5) is 29.1. The summed E-state index contributed by atoms with van der Waals surface area (Å²) in [5.74, 6) is 0.546. The van der Waals surface area contributed by atoms with Crippen molar-refractivity contribution in [3.05, 3.63) is 29.8 Å². The number of piperidine rings is 1. The standard InChI is InChI=1S/C21H30N2O4/c1-15-13-23(14-16(2)27-15)21(26)18-9-11-22(12-10-18)20(25)8-7-17-5-3-4-6-19(17)24/h3-6,15-16,18,24H,7-14H2,1-2H3. The number of likely N-dealkylation sites (tertiary alicyclic amines) is 1. The van der Waals surface area contributed by atoms with Crippen molar-refractivity contribution in [1.82, 2.24) is 9.80 Å². The van der Waals surface area contributed by atoms with Gasteiger partial charge in [0.15, 0.2) is 0 Å². The summed E-state index contributed by atoms with van der Waals surface area (Å²) in [6.07, 6.45) is 2.52. The number of phenolic OH excluding ortho intramolecular Hbond substituents is 1. The van der Waals surface area contributed by atoms with E-state index in [9.17, 15) is 14.7 Å². The van der Waals surface area contributed by atoms with Gasteiger partial charge in [0.1, 0.15) is 5.75 Å². The quantitative estimate of drug-likeness (QED) is 0.877. The van der Waals surface area contributed by atoms with Crippen LogP contribution in [0, 0.1) is 5.92 Å². The third-order valence-corrected chi connectivity index (χ3v) is 5.53. The number of morpholine rings is 1. The summed E-state index contributed by atoms with van der Waals surface area (Å²) < 4.78 is 5.71. The molecule has 2 fully saturated rings. The van der Waals surface area contributed by atoms with Crippen molar-refractivity contribution in [1.29, 1.82) is 0 Å². The maximum atomic E-state index is 12.8. The van der Waals surface area contributed by atoms with Gasteiger partial charge in [-0.2, -0.15) is 0 Å². The molecule has 3 rings (SSSR count). The fraction of sp³-hybridized carbons (Fsp3) is 0.619. The number of ether oxygens (including phenoxy) is 1. The molecule has 1 N–H and O–H groups in total. The summed E-state index contributed by atoms with van der Waals surface area (Å²) in [5, 5.41) is 9.81. The van der Waals surface area contributed by atoms with E-state index in [0.29, 0.717) is 39.0 Å². The first-order valence-corrected chi connectivity index (χ1v) is 9.93. The maximum absolute atomic E-state index is 12.8. The van der Waals surface area contributed by atoms with E-state index >= 15 is 0 Å². The van der Waals surface area contributed by atoms with Crippen molar-refractivity contribution in [2.75, 3.05) is 26.2 Å². The van der Waals surface area contributed by atoms with Crippen LogP contribution in [0.4, 0.5) is 0 Å². The van der Waals surface area contributed by atoms with E-state index in [4.69, 9.17) is 4.74 Å². The molecule has 2 heterocycles. The summed E-state index contributed by atoms with van der Waals surface area (Å²) in [6, 6.07) is 7.13. The maximum Gasteiger partial charge on any atom is 0.225 e. The van der Waals surface area contributed by atoms with Crippen molar-refractivity contribution in [3.63, 3.8) is 0 Å². The van der Waals surface area contributed by atoms with Gasteiger partial charge in [0, 0.05) is 38.5 Å². The molecule has 0 aromatic heterocycles. The Morgan fingerprint density at radius 3 is 2.33 bits per heavy atom. The number of nitrogens with zero attached hydrogens (tertiary/aromatic N) is 2. The number of aryl methyl sites for hydroxylation is 1. The van der Waals surface area contributed by atoms with Gasteiger partial charge in [-0.15, -0.1) is 0 Å². The smallest absolute Gasteiger partial charge is 0.225 e. The molecule has 2 aliphatic heterocycles. The molecule has 148 valence electrons. The first-order valence-electron chi connectivity index (χ1n) is 9.93. The number of phenols is 1. The predicted molar refractivity (Wildman–Crippen MR) is 102 cm³/mol. The van der Waals surface area contributed by atoms with Gasteiger partial charge in [-0.3, -0.25) is 9.59 Å². The Kier molecular flexibility index (Phi) is 6.37. The Hall–Kier alpha value is -2.08. The summed E-state index contributed by atoms with van der Waals surface area (Å²) in [6.45, 7) is 6.58. The molecule has 0 aliphatic carbocycles. The van der Waals surface area contributed by atoms with Crippen LogP contribution < -0.4 is 0 Å². The van der Waals surface area contributed by atoms with E-state index in [-0.39, 0.29) is 35.7 Å². The van der Waals surface area contributed by atoms with Crippen LogP contribution in [0.3, 0.4) is 0 Å². The third-order valence-electron chi connectivity index (χ3n) is 5.53. The minimum Gasteiger partial charge on any atom is -0.508 e. The van der Waals surface area contributed by atoms with E-state index in [1.54, 1.807) is 12.1 Å². The molecule has 0 radical (unpaired) electrons. The molecule has 0 bridgehead atoms. The molecular weight excluding hydrogens is 344 g/mol. The fourth-order valence-corrected chi connectivity index (χ4v) is 4.11. The molecule has 2 amide bonds. The van der Waals surface area contributed by atoms with Gasteiger partial charge in [-0.1, -0.05) is 18.2 Å². The second-order valence-corrected chi connectivity index (χ2v) is 7.78. The second-order valence-electron chi connectivity index (χ2n) is 7.78. The van der Waals surface area contributed by atoms with Crippen LogP contribution in [0.5, 0.6) is 5.75 Å². The Balaban J connectivity index is 1.46. The lowest BCUT2D eigenvalue weighted by atomic mass is 9.94. The first kappa shape index (κ1) is 19.7. The Labute approximate surface area is 161 Å². The van der Waals surface area contributed by atoms with Gasteiger partial charge in [0.05, 0.1) is 12.2 Å². The van der Waals surface area contributed by atoms with Crippen LogP contribution in [0.15, 0.2) is 24.3 Å². The van der Waals surface area contributed by atoms with Crippen molar-refractivity contribution in [2.24, 2.45) is 5.92 Å². The largest absolute Gasteiger partial charge is 0.508 e. The van der Waals surface area contributed by atoms with Crippen LogP contribution in [0.1, 0.15) is 38.7 Å². The van der Waals surface area contributed by atoms with Crippen molar-refractivity contribution in [3.8, 4) is 5.75 Å². The third kappa shape index (κ3) is 5.01. The number of carbonyl (C=O) groups excluding carboxylic acids is 2. The van der Waals surface area contributed by atoms with Gasteiger partial charge in [0.2, 0.25) is 11.8 Å². The zero-order valence-electron chi connectivity index (χ0n) is 16.3. The molecule has 0 saturated carbocycles. The monoisotopic (exact) mass is 374 g/mol. The lowest BCUT2D eigenvalue weighted by molar-refractivity contribution is -0.150. The average molecular weight is 374 g/mol. The van der Waals surface area contributed by atoms with E-state index in [1.807, 2.05) is 35.8 Å². The first-order chi connectivity index (χ1) is 12.9. The highest BCUT2D eigenvalue weighted by atomic mass is 16.5. The highest BCUT2D eigenvalue weighted by molar-refractivity contribution is 5.80. The average Bonchev–Trinajstić information content (AvgIpc) is 2.66. The SMILES string of the molecule is CC1CN(C(=O)C2CCN(C(=O)CCc3ccccc3O)CC2)CC(C)O1. The normalized spacial score (nSPS) is 24.1. The van der Waals surface area contributed by atoms with Crippen LogP contribution >= 0.6 is 0 Å². The predicted octanol–water partition coefficient (Wildman–Crippen LogP) is 2.20. The van der Waals surface area contributed by atoms with Gasteiger partial charge >= 0.3 is 0 Å². The van der Waals surface area contributed by atoms with Gasteiger partial charge < -0.3 is 19.6 Å². The van der Waals surface area contributed by atoms with Gasteiger partial charge in [-0.05, 0) is 44.7 Å². The highest BCUT2D eigenvalue weighted by Crippen LogP contribution is 2.23. The molecule has 6 heteroatoms. The Bertz CT molecular complexity index is 660. The second kappa shape index (κ2) is 8.74. The van der Waals surface area contributed by atoms with Crippen LogP contribution in [0.2, 0.25) is 0 Å². The zero-order valence-corrected chi connectivity index (χ0v) is 16.3. The molecule has 2 saturated heterocycles. The lowest BCUT2D eigenvalue weighted by Crippen LogP contribution is -2.51. The lowest BCUT2D eigenvalue weighted by Gasteiger charge is -2.39. The van der Waals surface area contributed by atoms with Crippen molar-refractivity contribution < 1.29 is 19.4 Å². The minimum atomic E-state index is 0.00437. The molecule has 1 aromatic carbocycles. The number of amides is 2. The number of carbonyl (C=O) groups is 2. The minimum absolute atomic E-state index is 0.00437. The summed E-state index contributed by atoms with van der Waals surface area (Å²) in [5.41, 5.74) is 0.798. The summed E-state index contributed by atoms with van der Waals surface area (Å²) in [7, 11) is 0.